The van der Waals surface area contributed by atoms with Gasteiger partial charge in [0, 0.05) is 16.7 Å². The minimum Gasteiger partial charge on any atom is -0.462 e. The zero-order valence-electron chi connectivity index (χ0n) is 13.4. The van der Waals surface area contributed by atoms with Crippen LogP contribution in [0.15, 0.2) is 59.6 Å². The van der Waals surface area contributed by atoms with Crippen molar-refractivity contribution in [3.8, 4) is 0 Å². The molecule has 1 aliphatic heterocycles. The monoisotopic (exact) mass is 355 g/mol. The van der Waals surface area contributed by atoms with Crippen molar-refractivity contribution < 1.29 is 19.1 Å². The van der Waals surface area contributed by atoms with Gasteiger partial charge in [0.15, 0.2) is 0 Å². The van der Waals surface area contributed by atoms with Gasteiger partial charge in [-0.05, 0) is 55.5 Å². The maximum absolute atomic E-state index is 12.1. The summed E-state index contributed by atoms with van der Waals surface area (Å²) in [7, 11) is 0. The Labute approximate surface area is 149 Å². The van der Waals surface area contributed by atoms with Gasteiger partial charge < -0.3 is 9.47 Å². The normalized spacial score (nSPS) is 15.0. The van der Waals surface area contributed by atoms with Crippen molar-refractivity contribution in [1.29, 1.82) is 0 Å². The Hall–Kier alpha value is -2.92. The van der Waals surface area contributed by atoms with Gasteiger partial charge in [0.2, 0.25) is 5.78 Å². The number of hydrogen-bond acceptors (Lipinski definition) is 5. The van der Waals surface area contributed by atoms with E-state index in [-0.39, 0.29) is 11.7 Å². The largest absolute Gasteiger partial charge is 0.462 e. The van der Waals surface area contributed by atoms with Gasteiger partial charge >= 0.3 is 5.97 Å². The summed E-state index contributed by atoms with van der Waals surface area (Å²) in [6.07, 6.45) is 1.38. The number of ether oxygens (including phenoxy) is 2. The number of carbonyl (C=O) groups is 2. The summed E-state index contributed by atoms with van der Waals surface area (Å²) >= 11 is 5.85. The fourth-order valence-corrected chi connectivity index (χ4v) is 2.33. The number of ketones is 1. The molecule has 0 radical (unpaired) electrons. The Kier molecular flexibility index (Phi) is 4.95. The van der Waals surface area contributed by atoms with Gasteiger partial charge in [-0.25, -0.2) is 9.79 Å². The van der Waals surface area contributed by atoms with E-state index in [4.69, 9.17) is 21.1 Å². The van der Waals surface area contributed by atoms with E-state index in [0.29, 0.717) is 28.6 Å². The third kappa shape index (κ3) is 3.95. The molecule has 0 N–H and O–H groups in total. The second kappa shape index (κ2) is 7.32. The van der Waals surface area contributed by atoms with E-state index in [1.807, 2.05) is 0 Å². The molecule has 1 heterocycles. The lowest BCUT2D eigenvalue weighted by atomic mass is 10.2. The quantitative estimate of drug-likeness (QED) is 0.771. The van der Waals surface area contributed by atoms with Crippen molar-refractivity contribution >= 4 is 40.7 Å². The lowest BCUT2D eigenvalue weighted by Gasteiger charge is -2.04. The van der Waals surface area contributed by atoms with Gasteiger partial charge in [-0.2, -0.15) is 0 Å². The lowest BCUT2D eigenvalue weighted by Crippen LogP contribution is -2.07. The fraction of sp³-hybridized carbons (Fsp3) is 0.105. The predicted molar refractivity (Wildman–Crippen MR) is 95.0 cm³/mol. The average Bonchev–Trinajstić information content (AvgIpc) is 2.97. The maximum Gasteiger partial charge on any atom is 0.338 e. The molecule has 126 valence electrons. The van der Waals surface area contributed by atoms with E-state index in [9.17, 15) is 9.59 Å². The molecule has 2 aromatic rings. The van der Waals surface area contributed by atoms with Crippen LogP contribution in [0.5, 0.6) is 0 Å². The molecule has 2 aromatic carbocycles. The predicted octanol–water partition coefficient (Wildman–Crippen LogP) is 4.19. The van der Waals surface area contributed by atoms with Crippen LogP contribution in [-0.2, 0) is 14.3 Å². The Morgan fingerprint density at radius 1 is 1.12 bits per heavy atom. The Morgan fingerprint density at radius 2 is 1.80 bits per heavy atom. The van der Waals surface area contributed by atoms with Crippen LogP contribution in [0.4, 0.5) is 5.69 Å². The molecule has 0 bridgehead atoms. The van der Waals surface area contributed by atoms with Gasteiger partial charge in [0.05, 0.1) is 17.9 Å². The van der Waals surface area contributed by atoms with Crippen molar-refractivity contribution in [3.63, 3.8) is 0 Å². The first-order valence-electron chi connectivity index (χ1n) is 7.62. The highest BCUT2D eigenvalue weighted by molar-refractivity contribution is 6.45. The minimum absolute atomic E-state index is 0.0196. The number of carbonyl (C=O) groups excluding carboxylic acids is 2. The van der Waals surface area contributed by atoms with Crippen LogP contribution in [0, 0.1) is 0 Å². The third-order valence-electron chi connectivity index (χ3n) is 3.42. The number of aliphatic imine (C=N–C) groups is 1. The topological polar surface area (TPSA) is 65.0 Å². The van der Waals surface area contributed by atoms with E-state index in [2.05, 4.69) is 4.99 Å². The van der Waals surface area contributed by atoms with Crippen LogP contribution in [0.2, 0.25) is 5.02 Å². The molecule has 3 rings (SSSR count). The zero-order valence-corrected chi connectivity index (χ0v) is 14.1. The first kappa shape index (κ1) is 16.9. The molecule has 0 aromatic heterocycles. The third-order valence-corrected chi connectivity index (χ3v) is 3.67. The molecule has 6 heteroatoms. The standard InChI is InChI=1S/C19H14ClNO4/c1-2-24-19(23)13-5-9-15(10-6-13)21-18-16(22)11-17(25-18)12-3-7-14(20)8-4-12/h3-11H,2H2,1H3. The molecule has 0 saturated carbocycles. The van der Waals surface area contributed by atoms with E-state index < -0.39 is 5.97 Å². The highest BCUT2D eigenvalue weighted by atomic mass is 35.5. The molecule has 0 saturated heterocycles. The fourth-order valence-electron chi connectivity index (χ4n) is 2.20. The number of rotatable bonds is 4. The molecule has 0 amide bonds. The van der Waals surface area contributed by atoms with E-state index in [1.165, 1.54) is 6.08 Å². The molecular formula is C19H14ClNO4. The minimum atomic E-state index is -0.401. The number of hydrogen-bond donors (Lipinski definition) is 0. The number of halogens is 1. The molecule has 0 aliphatic carbocycles. The van der Waals surface area contributed by atoms with Crippen molar-refractivity contribution in [2.24, 2.45) is 4.99 Å². The number of esters is 1. The summed E-state index contributed by atoms with van der Waals surface area (Å²) < 4.78 is 10.5. The molecule has 0 atom stereocenters. The van der Waals surface area contributed by atoms with Crippen LogP contribution in [-0.4, -0.2) is 24.3 Å². The van der Waals surface area contributed by atoms with E-state index in [1.54, 1.807) is 55.5 Å². The summed E-state index contributed by atoms with van der Waals surface area (Å²) in [5.41, 5.74) is 1.66. The van der Waals surface area contributed by atoms with Crippen molar-refractivity contribution in [2.75, 3.05) is 6.61 Å². The Morgan fingerprint density at radius 3 is 2.44 bits per heavy atom. The summed E-state index contributed by atoms with van der Waals surface area (Å²) in [6, 6.07) is 13.4. The van der Waals surface area contributed by atoms with Crippen LogP contribution >= 0.6 is 11.6 Å². The average molecular weight is 356 g/mol. The van der Waals surface area contributed by atoms with Gasteiger partial charge in [0.25, 0.3) is 5.90 Å². The number of benzene rings is 2. The first-order chi connectivity index (χ1) is 12.1. The summed E-state index contributed by atoms with van der Waals surface area (Å²) in [6.45, 7) is 2.05. The van der Waals surface area contributed by atoms with Crippen molar-refractivity contribution in [1.82, 2.24) is 0 Å². The van der Waals surface area contributed by atoms with E-state index >= 15 is 0 Å². The van der Waals surface area contributed by atoms with Crippen molar-refractivity contribution in [3.05, 3.63) is 70.8 Å². The molecule has 5 nitrogen and oxygen atoms in total. The zero-order chi connectivity index (χ0) is 17.8. The van der Waals surface area contributed by atoms with Gasteiger partial charge in [-0.1, -0.05) is 11.6 Å². The Balaban J connectivity index is 1.75. The molecule has 0 spiro atoms. The van der Waals surface area contributed by atoms with Gasteiger partial charge in [0.1, 0.15) is 5.76 Å². The maximum atomic E-state index is 12.1. The van der Waals surface area contributed by atoms with E-state index in [0.717, 1.165) is 5.56 Å². The lowest BCUT2D eigenvalue weighted by molar-refractivity contribution is -0.109. The SMILES string of the molecule is CCOC(=O)c1ccc(N=C2OC(c3ccc(Cl)cc3)=CC2=O)cc1. The van der Waals surface area contributed by atoms with Crippen LogP contribution in [0.25, 0.3) is 5.76 Å². The molecule has 25 heavy (non-hydrogen) atoms. The molecule has 0 fully saturated rings. The van der Waals surface area contributed by atoms with Gasteiger partial charge in [-0.15, -0.1) is 0 Å². The highest BCUT2D eigenvalue weighted by Crippen LogP contribution is 2.25. The highest BCUT2D eigenvalue weighted by Gasteiger charge is 2.23. The second-order valence-electron chi connectivity index (χ2n) is 5.17. The van der Waals surface area contributed by atoms with Gasteiger partial charge in [-0.3, -0.25) is 4.79 Å². The molecule has 1 aliphatic rings. The molecule has 0 unspecified atom stereocenters. The van der Waals surface area contributed by atoms with Crippen LogP contribution in [0.3, 0.4) is 0 Å². The number of nitrogens with zero attached hydrogens (tertiary/aromatic N) is 1. The summed E-state index contributed by atoms with van der Waals surface area (Å²) in [5, 5.41) is 0.601. The smallest absolute Gasteiger partial charge is 0.338 e. The second-order valence-corrected chi connectivity index (χ2v) is 5.60. The summed E-state index contributed by atoms with van der Waals surface area (Å²) in [5.74, 6) is -0.321. The van der Waals surface area contributed by atoms with Crippen LogP contribution < -0.4 is 0 Å². The Bertz CT molecular complexity index is 867. The first-order valence-corrected chi connectivity index (χ1v) is 8.00. The van der Waals surface area contributed by atoms with Crippen LogP contribution in [0.1, 0.15) is 22.8 Å². The summed E-state index contributed by atoms with van der Waals surface area (Å²) in [4.78, 5) is 27.9. The molecular weight excluding hydrogens is 342 g/mol. The van der Waals surface area contributed by atoms with Crippen molar-refractivity contribution in [2.45, 2.75) is 6.92 Å².